The van der Waals surface area contributed by atoms with Crippen LogP contribution >= 0.6 is 43.6 Å². The third-order valence-electron chi connectivity index (χ3n) is 2.28. The number of anilines is 1. The van der Waals surface area contributed by atoms with E-state index < -0.39 is 0 Å². The fourth-order valence-electron chi connectivity index (χ4n) is 1.35. The molecular formula is C12H9Br2N3OS. The highest BCUT2D eigenvalue weighted by molar-refractivity contribution is 9.11. The van der Waals surface area contributed by atoms with Crippen molar-refractivity contribution in [2.75, 3.05) is 11.6 Å². The van der Waals surface area contributed by atoms with Crippen LogP contribution in [0.25, 0.3) is 0 Å². The van der Waals surface area contributed by atoms with Gasteiger partial charge in [-0.2, -0.15) is 0 Å². The van der Waals surface area contributed by atoms with Gasteiger partial charge in [0.1, 0.15) is 9.21 Å². The van der Waals surface area contributed by atoms with Crippen molar-refractivity contribution >= 4 is 55.3 Å². The van der Waals surface area contributed by atoms with Gasteiger partial charge in [-0.25, -0.2) is 9.97 Å². The van der Waals surface area contributed by atoms with E-state index in [4.69, 9.17) is 0 Å². The van der Waals surface area contributed by atoms with Gasteiger partial charge in [-0.3, -0.25) is 4.79 Å². The minimum absolute atomic E-state index is 0.218. The average Bonchev–Trinajstić information content (AvgIpc) is 2.42. The molecule has 4 nitrogen and oxygen atoms in total. The van der Waals surface area contributed by atoms with E-state index in [0.717, 1.165) is 4.90 Å². The van der Waals surface area contributed by atoms with E-state index >= 15 is 0 Å². The first kappa shape index (κ1) is 14.5. The third-order valence-corrected chi connectivity index (χ3v) is 3.96. The molecule has 1 N–H and O–H groups in total. The lowest BCUT2D eigenvalue weighted by Crippen LogP contribution is -2.13. The molecule has 1 aromatic heterocycles. The molecule has 1 aromatic carbocycles. The molecule has 0 atom stereocenters. The van der Waals surface area contributed by atoms with E-state index in [9.17, 15) is 4.79 Å². The molecule has 2 aromatic rings. The summed E-state index contributed by atoms with van der Waals surface area (Å²) < 4.78 is 1.08. The van der Waals surface area contributed by atoms with Crippen molar-refractivity contribution in [3.05, 3.63) is 45.2 Å². The molecule has 7 heteroatoms. The maximum atomic E-state index is 12.0. The third kappa shape index (κ3) is 3.77. The van der Waals surface area contributed by atoms with E-state index in [1.807, 2.05) is 18.4 Å². The molecule has 0 spiro atoms. The lowest BCUT2D eigenvalue weighted by molar-refractivity contribution is 0.102. The number of rotatable bonds is 3. The predicted molar refractivity (Wildman–Crippen MR) is 83.6 cm³/mol. The smallest absolute Gasteiger partial charge is 0.256 e. The quantitative estimate of drug-likeness (QED) is 0.789. The van der Waals surface area contributed by atoms with Crippen molar-refractivity contribution in [1.82, 2.24) is 9.97 Å². The van der Waals surface area contributed by atoms with Crippen LogP contribution in [0.4, 0.5) is 5.82 Å². The zero-order valence-corrected chi connectivity index (χ0v) is 13.8. The fraction of sp³-hybridized carbons (Fsp3) is 0.0833. The van der Waals surface area contributed by atoms with Crippen LogP contribution < -0.4 is 5.32 Å². The number of hydrogen-bond donors (Lipinski definition) is 1. The SMILES string of the molecule is CSc1ccc(C(=O)Nc2ncc(Br)nc2Br)cc1. The minimum Gasteiger partial charge on any atom is -0.304 e. The monoisotopic (exact) mass is 401 g/mol. The minimum atomic E-state index is -0.218. The molecule has 0 unspecified atom stereocenters. The summed E-state index contributed by atoms with van der Waals surface area (Å²) in [6.07, 6.45) is 3.51. The lowest BCUT2D eigenvalue weighted by atomic mass is 10.2. The van der Waals surface area contributed by atoms with Crippen molar-refractivity contribution in [1.29, 1.82) is 0 Å². The van der Waals surface area contributed by atoms with Gasteiger partial charge in [-0.05, 0) is 62.4 Å². The second-order valence-electron chi connectivity index (χ2n) is 3.51. The molecule has 98 valence electrons. The van der Waals surface area contributed by atoms with Gasteiger partial charge in [0.15, 0.2) is 5.82 Å². The number of nitrogens with one attached hydrogen (secondary N) is 1. The second-order valence-corrected chi connectivity index (χ2v) is 5.96. The molecule has 0 aliphatic heterocycles. The second kappa shape index (κ2) is 6.49. The number of benzene rings is 1. The van der Waals surface area contributed by atoms with Crippen LogP contribution in [0.3, 0.4) is 0 Å². The van der Waals surface area contributed by atoms with Crippen LogP contribution in [0.15, 0.2) is 44.6 Å². The maximum Gasteiger partial charge on any atom is 0.256 e. The van der Waals surface area contributed by atoms with Crippen molar-refractivity contribution in [2.45, 2.75) is 4.90 Å². The number of halogens is 2. The van der Waals surface area contributed by atoms with Crippen LogP contribution in [0.1, 0.15) is 10.4 Å². The molecule has 0 fully saturated rings. The Bertz CT molecular complexity index is 604. The Kier molecular flexibility index (Phi) is 4.95. The van der Waals surface area contributed by atoms with Gasteiger partial charge in [-0.15, -0.1) is 11.8 Å². The van der Waals surface area contributed by atoms with Gasteiger partial charge in [0, 0.05) is 10.5 Å². The number of amides is 1. The lowest BCUT2D eigenvalue weighted by Gasteiger charge is -2.06. The van der Waals surface area contributed by atoms with Crippen molar-refractivity contribution in [3.63, 3.8) is 0 Å². The summed E-state index contributed by atoms with van der Waals surface area (Å²) >= 11 is 8.08. The standard InChI is InChI=1S/C12H9Br2N3OS/c1-19-8-4-2-7(3-5-8)12(18)17-11-10(14)16-9(13)6-15-11/h2-6H,1H3,(H,15,17,18). The molecule has 0 aliphatic carbocycles. The summed E-state index contributed by atoms with van der Waals surface area (Å²) in [7, 11) is 0. The Labute approximate surface area is 131 Å². The Hall–Kier alpha value is -0.920. The first-order valence-electron chi connectivity index (χ1n) is 5.23. The molecule has 1 heterocycles. The topological polar surface area (TPSA) is 54.9 Å². The van der Waals surface area contributed by atoms with Crippen LogP contribution in [0.2, 0.25) is 0 Å². The van der Waals surface area contributed by atoms with Gasteiger partial charge in [0.2, 0.25) is 0 Å². The average molecular weight is 403 g/mol. The normalized spacial score (nSPS) is 10.3. The summed E-state index contributed by atoms with van der Waals surface area (Å²) in [5.74, 6) is 0.173. The molecule has 0 bridgehead atoms. The van der Waals surface area contributed by atoms with Gasteiger partial charge in [0.05, 0.1) is 6.20 Å². The zero-order chi connectivity index (χ0) is 13.8. The van der Waals surface area contributed by atoms with Crippen molar-refractivity contribution < 1.29 is 4.79 Å². The van der Waals surface area contributed by atoms with Crippen LogP contribution in [-0.4, -0.2) is 22.1 Å². The van der Waals surface area contributed by atoms with E-state index in [1.165, 1.54) is 6.20 Å². The number of carbonyl (C=O) groups excluding carboxylic acids is 1. The summed E-state index contributed by atoms with van der Waals surface area (Å²) in [5, 5.41) is 2.70. The summed E-state index contributed by atoms with van der Waals surface area (Å²) in [6, 6.07) is 7.37. The molecule has 0 saturated carbocycles. The maximum absolute atomic E-state index is 12.0. The predicted octanol–water partition coefficient (Wildman–Crippen LogP) is 3.98. The highest BCUT2D eigenvalue weighted by atomic mass is 79.9. The number of aromatic nitrogens is 2. The van der Waals surface area contributed by atoms with E-state index in [2.05, 4.69) is 47.1 Å². The molecule has 0 aliphatic rings. The Balaban J connectivity index is 2.15. The molecule has 2 rings (SSSR count). The van der Waals surface area contributed by atoms with Crippen LogP contribution in [0, 0.1) is 0 Å². The van der Waals surface area contributed by atoms with Gasteiger partial charge >= 0.3 is 0 Å². The summed E-state index contributed by atoms with van der Waals surface area (Å²) in [6.45, 7) is 0. The number of nitrogens with zero attached hydrogens (tertiary/aromatic N) is 2. The molecular weight excluding hydrogens is 394 g/mol. The first-order valence-corrected chi connectivity index (χ1v) is 8.04. The van der Waals surface area contributed by atoms with Crippen LogP contribution in [0.5, 0.6) is 0 Å². The number of carbonyl (C=O) groups is 1. The highest BCUT2D eigenvalue weighted by Gasteiger charge is 2.10. The fourth-order valence-corrected chi connectivity index (χ4v) is 2.67. The van der Waals surface area contributed by atoms with Gasteiger partial charge in [-0.1, -0.05) is 0 Å². The van der Waals surface area contributed by atoms with Crippen LogP contribution in [-0.2, 0) is 0 Å². The largest absolute Gasteiger partial charge is 0.304 e. The molecule has 19 heavy (non-hydrogen) atoms. The molecule has 0 radical (unpaired) electrons. The Morgan fingerprint density at radius 3 is 2.53 bits per heavy atom. The zero-order valence-electron chi connectivity index (χ0n) is 9.85. The number of hydrogen-bond acceptors (Lipinski definition) is 4. The first-order chi connectivity index (χ1) is 9.10. The van der Waals surface area contributed by atoms with Crippen molar-refractivity contribution in [2.24, 2.45) is 0 Å². The van der Waals surface area contributed by atoms with E-state index in [-0.39, 0.29) is 5.91 Å². The summed E-state index contributed by atoms with van der Waals surface area (Å²) in [4.78, 5) is 21.3. The van der Waals surface area contributed by atoms with Crippen molar-refractivity contribution in [3.8, 4) is 0 Å². The van der Waals surface area contributed by atoms with E-state index in [0.29, 0.717) is 20.6 Å². The van der Waals surface area contributed by atoms with E-state index in [1.54, 1.807) is 23.9 Å². The van der Waals surface area contributed by atoms with Gasteiger partial charge < -0.3 is 5.32 Å². The van der Waals surface area contributed by atoms with Gasteiger partial charge in [0.25, 0.3) is 5.91 Å². The highest BCUT2D eigenvalue weighted by Crippen LogP contribution is 2.20. The summed E-state index contributed by atoms with van der Waals surface area (Å²) in [5.41, 5.74) is 0.578. The number of thioether (sulfide) groups is 1. The Morgan fingerprint density at radius 2 is 1.95 bits per heavy atom. The Morgan fingerprint density at radius 1 is 1.26 bits per heavy atom. The molecule has 1 amide bonds. The molecule has 0 saturated heterocycles.